The Bertz CT molecular complexity index is 312. The molecule has 78 valence electrons. The highest BCUT2D eigenvalue weighted by atomic mass is 35.5. The molecule has 14 heavy (non-hydrogen) atoms. The van der Waals surface area contributed by atoms with Gasteiger partial charge < -0.3 is 10.1 Å². The third-order valence-electron chi connectivity index (χ3n) is 2.16. The smallest absolute Gasteiger partial charge is 0.126 e. The molecule has 1 rings (SSSR count). The summed E-state index contributed by atoms with van der Waals surface area (Å²) in [5.74, 6) is 0.950. The number of nitrogens with one attached hydrogen (secondary N) is 1. The minimum absolute atomic E-state index is 0.771. The Labute approximate surface area is 90.2 Å². The van der Waals surface area contributed by atoms with E-state index in [9.17, 15) is 0 Å². The van der Waals surface area contributed by atoms with Crippen LogP contribution in [-0.2, 0) is 13.0 Å². The molecule has 0 saturated carbocycles. The second-order valence-corrected chi connectivity index (χ2v) is 3.58. The first-order valence-corrected chi connectivity index (χ1v) is 5.10. The van der Waals surface area contributed by atoms with Gasteiger partial charge in [0.2, 0.25) is 0 Å². The van der Waals surface area contributed by atoms with Crippen LogP contribution in [0.3, 0.4) is 0 Å². The normalized spacial score (nSPS) is 10.3. The van der Waals surface area contributed by atoms with Crippen LogP contribution in [0.5, 0.6) is 5.75 Å². The Morgan fingerprint density at radius 3 is 2.50 bits per heavy atom. The van der Waals surface area contributed by atoms with E-state index in [0.717, 1.165) is 34.9 Å². The van der Waals surface area contributed by atoms with Crippen molar-refractivity contribution < 1.29 is 4.74 Å². The van der Waals surface area contributed by atoms with E-state index in [2.05, 4.69) is 12.2 Å². The summed E-state index contributed by atoms with van der Waals surface area (Å²) in [4.78, 5) is 0. The van der Waals surface area contributed by atoms with E-state index in [1.165, 1.54) is 0 Å². The minimum Gasteiger partial charge on any atom is -0.496 e. The first-order chi connectivity index (χ1) is 6.72. The van der Waals surface area contributed by atoms with Crippen molar-refractivity contribution in [3.63, 3.8) is 0 Å². The molecule has 0 spiro atoms. The van der Waals surface area contributed by atoms with E-state index in [4.69, 9.17) is 16.3 Å². The third-order valence-corrected chi connectivity index (χ3v) is 2.38. The molecule has 1 aromatic carbocycles. The monoisotopic (exact) mass is 213 g/mol. The van der Waals surface area contributed by atoms with Crippen molar-refractivity contribution in [2.24, 2.45) is 0 Å². The van der Waals surface area contributed by atoms with Gasteiger partial charge in [0.25, 0.3) is 0 Å². The van der Waals surface area contributed by atoms with Crippen LogP contribution in [0.15, 0.2) is 12.1 Å². The number of benzene rings is 1. The van der Waals surface area contributed by atoms with Crippen molar-refractivity contribution in [3.05, 3.63) is 28.3 Å². The predicted octanol–water partition coefficient (Wildman–Crippen LogP) is 2.63. The molecule has 0 bridgehead atoms. The Morgan fingerprint density at radius 1 is 1.36 bits per heavy atom. The molecule has 0 atom stereocenters. The number of hydrogen-bond acceptors (Lipinski definition) is 2. The SMILES string of the molecule is CCc1cc(Cl)cc(CNC)c1OC. The Balaban J connectivity index is 3.17. The number of methoxy groups -OCH3 is 1. The van der Waals surface area contributed by atoms with Gasteiger partial charge in [0.15, 0.2) is 0 Å². The number of hydrogen-bond donors (Lipinski definition) is 1. The molecule has 0 saturated heterocycles. The fourth-order valence-electron chi connectivity index (χ4n) is 1.56. The van der Waals surface area contributed by atoms with Gasteiger partial charge in [-0.2, -0.15) is 0 Å². The fourth-order valence-corrected chi connectivity index (χ4v) is 1.82. The quantitative estimate of drug-likeness (QED) is 0.831. The molecule has 0 radical (unpaired) electrons. The van der Waals surface area contributed by atoms with Gasteiger partial charge in [-0.3, -0.25) is 0 Å². The van der Waals surface area contributed by atoms with Crippen LogP contribution in [0.25, 0.3) is 0 Å². The van der Waals surface area contributed by atoms with Crippen LogP contribution in [0.4, 0.5) is 0 Å². The van der Waals surface area contributed by atoms with E-state index in [1.807, 2.05) is 19.2 Å². The lowest BCUT2D eigenvalue weighted by molar-refractivity contribution is 0.404. The largest absolute Gasteiger partial charge is 0.496 e. The summed E-state index contributed by atoms with van der Waals surface area (Å²) in [5.41, 5.74) is 2.27. The third kappa shape index (κ3) is 2.40. The van der Waals surface area contributed by atoms with Gasteiger partial charge in [0.05, 0.1) is 7.11 Å². The second kappa shape index (κ2) is 5.23. The van der Waals surface area contributed by atoms with E-state index in [1.54, 1.807) is 7.11 Å². The summed E-state index contributed by atoms with van der Waals surface area (Å²) in [5, 5.41) is 3.87. The van der Waals surface area contributed by atoms with E-state index in [0.29, 0.717) is 0 Å². The Morgan fingerprint density at radius 2 is 2.00 bits per heavy atom. The maximum Gasteiger partial charge on any atom is 0.126 e. The Kier molecular flexibility index (Phi) is 4.23. The van der Waals surface area contributed by atoms with Crippen LogP contribution in [0.1, 0.15) is 18.1 Å². The predicted molar refractivity (Wildman–Crippen MR) is 60.1 cm³/mol. The number of halogens is 1. The number of rotatable bonds is 4. The van der Waals surface area contributed by atoms with Gasteiger partial charge in [-0.05, 0) is 31.2 Å². The number of aryl methyl sites for hydroxylation is 1. The first kappa shape index (κ1) is 11.3. The van der Waals surface area contributed by atoms with Gasteiger partial charge in [-0.25, -0.2) is 0 Å². The average molecular weight is 214 g/mol. The van der Waals surface area contributed by atoms with E-state index in [-0.39, 0.29) is 0 Å². The maximum atomic E-state index is 6.01. The van der Waals surface area contributed by atoms with Gasteiger partial charge in [0, 0.05) is 17.1 Å². The summed E-state index contributed by atoms with van der Waals surface area (Å²) in [6, 6.07) is 3.90. The minimum atomic E-state index is 0.771. The molecule has 0 aliphatic carbocycles. The standard InChI is InChI=1S/C11H16ClNO/c1-4-8-5-10(12)6-9(7-13-2)11(8)14-3/h5-6,13H,4,7H2,1-3H3. The van der Waals surface area contributed by atoms with E-state index < -0.39 is 0 Å². The van der Waals surface area contributed by atoms with Crippen LogP contribution in [0, 0.1) is 0 Å². The summed E-state index contributed by atoms with van der Waals surface area (Å²) >= 11 is 6.01. The molecule has 0 unspecified atom stereocenters. The lowest BCUT2D eigenvalue weighted by atomic mass is 10.1. The average Bonchev–Trinajstić information content (AvgIpc) is 2.17. The van der Waals surface area contributed by atoms with Gasteiger partial charge in [0.1, 0.15) is 5.75 Å². The van der Waals surface area contributed by atoms with Crippen molar-refractivity contribution in [1.82, 2.24) is 5.32 Å². The molecule has 0 aliphatic heterocycles. The van der Waals surface area contributed by atoms with Crippen molar-refractivity contribution in [3.8, 4) is 5.75 Å². The lowest BCUT2D eigenvalue weighted by Crippen LogP contribution is -2.07. The molecule has 0 fully saturated rings. The zero-order chi connectivity index (χ0) is 10.6. The van der Waals surface area contributed by atoms with Crippen molar-refractivity contribution in [1.29, 1.82) is 0 Å². The van der Waals surface area contributed by atoms with Crippen LogP contribution in [-0.4, -0.2) is 14.2 Å². The lowest BCUT2D eigenvalue weighted by Gasteiger charge is -2.13. The fraction of sp³-hybridized carbons (Fsp3) is 0.455. The molecule has 1 N–H and O–H groups in total. The summed E-state index contributed by atoms with van der Waals surface area (Å²) in [7, 11) is 3.60. The van der Waals surface area contributed by atoms with Crippen molar-refractivity contribution in [2.45, 2.75) is 19.9 Å². The zero-order valence-corrected chi connectivity index (χ0v) is 9.61. The van der Waals surface area contributed by atoms with Crippen LogP contribution >= 0.6 is 11.6 Å². The van der Waals surface area contributed by atoms with Crippen LogP contribution < -0.4 is 10.1 Å². The summed E-state index contributed by atoms with van der Waals surface area (Å²) in [6.07, 6.45) is 0.931. The zero-order valence-electron chi connectivity index (χ0n) is 8.86. The highest BCUT2D eigenvalue weighted by Gasteiger charge is 2.08. The summed E-state index contributed by atoms with van der Waals surface area (Å²) in [6.45, 7) is 2.87. The molecule has 0 aromatic heterocycles. The molecule has 0 amide bonds. The van der Waals surface area contributed by atoms with Crippen molar-refractivity contribution >= 4 is 11.6 Å². The van der Waals surface area contributed by atoms with Gasteiger partial charge in [-0.1, -0.05) is 18.5 Å². The van der Waals surface area contributed by atoms with Crippen molar-refractivity contribution in [2.75, 3.05) is 14.2 Å². The van der Waals surface area contributed by atoms with Gasteiger partial charge >= 0.3 is 0 Å². The van der Waals surface area contributed by atoms with Gasteiger partial charge in [-0.15, -0.1) is 0 Å². The summed E-state index contributed by atoms with van der Waals surface area (Å²) < 4.78 is 5.38. The van der Waals surface area contributed by atoms with E-state index >= 15 is 0 Å². The molecule has 3 heteroatoms. The molecule has 0 heterocycles. The molecule has 2 nitrogen and oxygen atoms in total. The highest BCUT2D eigenvalue weighted by molar-refractivity contribution is 6.30. The maximum absolute atomic E-state index is 6.01. The second-order valence-electron chi connectivity index (χ2n) is 3.14. The highest BCUT2D eigenvalue weighted by Crippen LogP contribution is 2.28. The number of ether oxygens (including phenoxy) is 1. The molecular weight excluding hydrogens is 198 g/mol. The molecule has 1 aromatic rings. The topological polar surface area (TPSA) is 21.3 Å². The Hall–Kier alpha value is -0.730. The molecule has 0 aliphatic rings. The first-order valence-electron chi connectivity index (χ1n) is 4.72. The van der Waals surface area contributed by atoms with Crippen LogP contribution in [0.2, 0.25) is 5.02 Å². The molecular formula is C11H16ClNO.